The number of ether oxygens (including phenoxy) is 3. The molecule has 6 nitrogen and oxygen atoms in total. The van der Waals surface area contributed by atoms with Gasteiger partial charge < -0.3 is 24.6 Å². The van der Waals surface area contributed by atoms with Crippen molar-refractivity contribution in [3.05, 3.63) is 53.6 Å². The number of benzene rings is 2. The molecule has 0 aromatic heterocycles. The Morgan fingerprint density at radius 3 is 2.88 bits per heavy atom. The van der Waals surface area contributed by atoms with Gasteiger partial charge in [0.2, 0.25) is 6.79 Å². The van der Waals surface area contributed by atoms with Crippen molar-refractivity contribution in [3.63, 3.8) is 0 Å². The first kappa shape index (κ1) is 17.1. The van der Waals surface area contributed by atoms with Gasteiger partial charge in [-0.15, -0.1) is 0 Å². The quantitative estimate of drug-likeness (QED) is 0.807. The normalized spacial score (nSPS) is 13.4. The number of para-hydroxylation sites is 1. The smallest absolute Gasteiger partial charge is 0.257 e. The van der Waals surface area contributed by atoms with Crippen molar-refractivity contribution >= 4 is 5.91 Å². The van der Waals surface area contributed by atoms with Crippen LogP contribution in [-0.2, 0) is 4.79 Å². The van der Waals surface area contributed by atoms with Crippen LogP contribution in [0.15, 0.2) is 42.5 Å². The van der Waals surface area contributed by atoms with E-state index in [1.807, 2.05) is 31.2 Å². The summed E-state index contributed by atoms with van der Waals surface area (Å²) in [5, 5.41) is 13.0. The van der Waals surface area contributed by atoms with Gasteiger partial charge in [-0.1, -0.05) is 24.3 Å². The van der Waals surface area contributed by atoms with Crippen LogP contribution in [-0.4, -0.2) is 31.0 Å². The van der Waals surface area contributed by atoms with E-state index < -0.39 is 6.10 Å². The highest BCUT2D eigenvalue weighted by Crippen LogP contribution is 2.34. The van der Waals surface area contributed by atoms with Gasteiger partial charge in [0.1, 0.15) is 5.75 Å². The molecule has 25 heavy (non-hydrogen) atoms. The van der Waals surface area contributed by atoms with Crippen molar-refractivity contribution in [1.29, 1.82) is 0 Å². The Labute approximate surface area is 146 Å². The molecule has 1 aliphatic rings. The number of hydrogen-bond acceptors (Lipinski definition) is 5. The van der Waals surface area contributed by atoms with Crippen LogP contribution in [0.2, 0.25) is 0 Å². The highest BCUT2D eigenvalue weighted by atomic mass is 16.7. The van der Waals surface area contributed by atoms with E-state index in [0.29, 0.717) is 30.2 Å². The maximum absolute atomic E-state index is 11.8. The zero-order valence-electron chi connectivity index (χ0n) is 14.0. The van der Waals surface area contributed by atoms with Gasteiger partial charge in [-0.3, -0.25) is 4.79 Å². The average molecular weight is 343 g/mol. The molecule has 0 saturated carbocycles. The van der Waals surface area contributed by atoms with Crippen LogP contribution in [0.5, 0.6) is 17.2 Å². The van der Waals surface area contributed by atoms with Gasteiger partial charge in [0.15, 0.2) is 18.1 Å². The van der Waals surface area contributed by atoms with Crippen LogP contribution in [0.4, 0.5) is 0 Å². The molecule has 1 aliphatic heterocycles. The second-order valence-corrected chi connectivity index (χ2v) is 5.82. The first-order valence-corrected chi connectivity index (χ1v) is 8.16. The van der Waals surface area contributed by atoms with E-state index in [1.54, 1.807) is 18.2 Å². The molecule has 1 unspecified atom stereocenters. The van der Waals surface area contributed by atoms with Gasteiger partial charge in [-0.2, -0.15) is 0 Å². The van der Waals surface area contributed by atoms with Crippen molar-refractivity contribution in [2.24, 2.45) is 0 Å². The molecule has 2 aromatic carbocycles. The third kappa shape index (κ3) is 4.42. The fraction of sp³-hybridized carbons (Fsp3) is 0.316. The second-order valence-electron chi connectivity index (χ2n) is 5.82. The Kier molecular flexibility index (Phi) is 5.40. The predicted molar refractivity (Wildman–Crippen MR) is 91.8 cm³/mol. The van der Waals surface area contributed by atoms with Crippen LogP contribution in [0.1, 0.15) is 23.7 Å². The molecule has 2 aromatic rings. The summed E-state index contributed by atoms with van der Waals surface area (Å²) in [6, 6.07) is 12.9. The second kappa shape index (κ2) is 7.90. The number of aliphatic hydroxyl groups is 1. The molecule has 132 valence electrons. The van der Waals surface area contributed by atoms with E-state index in [2.05, 4.69) is 5.32 Å². The topological polar surface area (TPSA) is 77.0 Å². The molecule has 6 heteroatoms. The lowest BCUT2D eigenvalue weighted by Gasteiger charge is -2.13. The van der Waals surface area contributed by atoms with E-state index in [9.17, 15) is 9.90 Å². The van der Waals surface area contributed by atoms with Crippen LogP contribution in [0.3, 0.4) is 0 Å². The summed E-state index contributed by atoms with van der Waals surface area (Å²) in [6.07, 6.45) is -0.289. The van der Waals surface area contributed by atoms with Crippen molar-refractivity contribution in [1.82, 2.24) is 5.32 Å². The first-order valence-electron chi connectivity index (χ1n) is 8.16. The zero-order valence-corrected chi connectivity index (χ0v) is 14.0. The Bertz CT molecular complexity index is 746. The summed E-state index contributed by atoms with van der Waals surface area (Å²) in [7, 11) is 0. The Morgan fingerprint density at radius 1 is 1.24 bits per heavy atom. The third-order valence-corrected chi connectivity index (χ3v) is 3.97. The largest absolute Gasteiger partial charge is 0.484 e. The molecule has 0 saturated heterocycles. The summed E-state index contributed by atoms with van der Waals surface area (Å²) < 4.78 is 16.0. The van der Waals surface area contributed by atoms with Gasteiger partial charge in [0.25, 0.3) is 5.91 Å². The number of fused-ring (bicyclic) bond motifs is 1. The summed E-state index contributed by atoms with van der Waals surface area (Å²) in [6.45, 7) is 2.43. The first-order chi connectivity index (χ1) is 12.1. The van der Waals surface area contributed by atoms with Gasteiger partial charge in [0, 0.05) is 6.54 Å². The van der Waals surface area contributed by atoms with E-state index in [1.165, 1.54) is 0 Å². The molecule has 0 aliphatic carbocycles. The van der Waals surface area contributed by atoms with E-state index >= 15 is 0 Å². The molecule has 0 radical (unpaired) electrons. The summed E-state index contributed by atoms with van der Waals surface area (Å²) in [4.78, 5) is 11.8. The van der Waals surface area contributed by atoms with Crippen molar-refractivity contribution in [3.8, 4) is 17.2 Å². The Morgan fingerprint density at radius 2 is 2.04 bits per heavy atom. The fourth-order valence-corrected chi connectivity index (χ4v) is 2.55. The van der Waals surface area contributed by atoms with Crippen LogP contribution >= 0.6 is 0 Å². The predicted octanol–water partition coefficient (Wildman–Crippen LogP) is 2.34. The molecule has 1 atom stereocenters. The standard InChI is InChI=1S/C19H21NO5/c1-13-4-2-3-5-16(13)23-11-19(22)20-9-8-15(21)14-6-7-17-18(10-14)25-12-24-17/h2-7,10,15,21H,8-9,11-12H2,1H3,(H,20,22). The fourth-order valence-electron chi connectivity index (χ4n) is 2.55. The van der Waals surface area contributed by atoms with E-state index in [0.717, 1.165) is 11.1 Å². The minimum absolute atomic E-state index is 0.0506. The number of hydrogen-bond donors (Lipinski definition) is 2. The van der Waals surface area contributed by atoms with Crippen LogP contribution in [0, 0.1) is 6.92 Å². The highest BCUT2D eigenvalue weighted by molar-refractivity contribution is 5.77. The number of carbonyl (C=O) groups is 1. The maximum Gasteiger partial charge on any atom is 0.257 e. The molecule has 1 heterocycles. The highest BCUT2D eigenvalue weighted by Gasteiger charge is 2.16. The number of nitrogens with one attached hydrogen (secondary N) is 1. The average Bonchev–Trinajstić information content (AvgIpc) is 3.08. The Hall–Kier alpha value is -2.73. The lowest BCUT2D eigenvalue weighted by atomic mass is 10.1. The monoisotopic (exact) mass is 343 g/mol. The molecular weight excluding hydrogens is 322 g/mol. The molecule has 0 spiro atoms. The number of aliphatic hydroxyl groups excluding tert-OH is 1. The van der Waals surface area contributed by atoms with Crippen molar-refractivity contribution in [2.45, 2.75) is 19.4 Å². The van der Waals surface area contributed by atoms with Crippen molar-refractivity contribution < 1.29 is 24.1 Å². The van der Waals surface area contributed by atoms with Gasteiger partial charge in [0.05, 0.1) is 6.10 Å². The molecule has 2 N–H and O–H groups in total. The summed E-state index contributed by atoms with van der Waals surface area (Å²) >= 11 is 0. The molecule has 3 rings (SSSR count). The summed E-state index contributed by atoms with van der Waals surface area (Å²) in [5.41, 5.74) is 1.71. The number of amides is 1. The number of carbonyl (C=O) groups excluding carboxylic acids is 1. The SMILES string of the molecule is Cc1ccccc1OCC(=O)NCCC(O)c1ccc2c(c1)OCO2. The maximum atomic E-state index is 11.8. The number of aryl methyl sites for hydroxylation is 1. The lowest BCUT2D eigenvalue weighted by Crippen LogP contribution is -2.30. The molecular formula is C19H21NO5. The minimum atomic E-state index is -0.688. The molecule has 0 bridgehead atoms. The van der Waals surface area contributed by atoms with Crippen LogP contribution < -0.4 is 19.5 Å². The van der Waals surface area contributed by atoms with Crippen molar-refractivity contribution in [2.75, 3.05) is 19.9 Å². The lowest BCUT2D eigenvalue weighted by molar-refractivity contribution is -0.123. The van der Waals surface area contributed by atoms with E-state index in [4.69, 9.17) is 14.2 Å². The van der Waals surface area contributed by atoms with Gasteiger partial charge in [-0.25, -0.2) is 0 Å². The summed E-state index contributed by atoms with van der Waals surface area (Å²) in [5.74, 6) is 1.78. The van der Waals surface area contributed by atoms with E-state index in [-0.39, 0.29) is 19.3 Å². The molecule has 1 amide bonds. The van der Waals surface area contributed by atoms with Gasteiger partial charge in [-0.05, 0) is 42.7 Å². The molecule has 0 fully saturated rings. The van der Waals surface area contributed by atoms with Gasteiger partial charge >= 0.3 is 0 Å². The third-order valence-electron chi connectivity index (χ3n) is 3.97. The minimum Gasteiger partial charge on any atom is -0.484 e. The van der Waals surface area contributed by atoms with Crippen LogP contribution in [0.25, 0.3) is 0 Å². The zero-order chi connectivity index (χ0) is 17.6. The number of rotatable bonds is 7. The Balaban J connectivity index is 1.41.